The zero-order chi connectivity index (χ0) is 18.9. The first kappa shape index (κ1) is 18.9. The molecule has 1 unspecified atom stereocenters. The van der Waals surface area contributed by atoms with E-state index in [2.05, 4.69) is 49.9 Å². The average Bonchev–Trinajstić information content (AvgIpc) is 3.10. The van der Waals surface area contributed by atoms with Crippen LogP contribution in [0.15, 0.2) is 24.3 Å². The molecule has 2 fully saturated rings. The molecule has 4 nitrogen and oxygen atoms in total. The smallest absolute Gasteiger partial charge is 0.226 e. The molecule has 3 rings (SSSR count). The van der Waals surface area contributed by atoms with Crippen LogP contribution in [0.1, 0.15) is 70.5 Å². The third-order valence-electron chi connectivity index (χ3n) is 5.99. The summed E-state index contributed by atoms with van der Waals surface area (Å²) in [4.78, 5) is 28.6. The van der Waals surface area contributed by atoms with Gasteiger partial charge < -0.3 is 9.80 Å². The number of amides is 2. The number of carbonyl (C=O) groups is 2. The summed E-state index contributed by atoms with van der Waals surface area (Å²) < 4.78 is 0. The van der Waals surface area contributed by atoms with Crippen LogP contribution in [0.2, 0.25) is 0 Å². The number of carbonyl (C=O) groups excluding carboxylic acids is 2. The number of likely N-dealkylation sites (tertiary alicyclic amines) is 2. The second kappa shape index (κ2) is 7.42. The van der Waals surface area contributed by atoms with Crippen LogP contribution in [0.5, 0.6) is 0 Å². The summed E-state index contributed by atoms with van der Waals surface area (Å²) in [6.45, 7) is 10.6. The number of nitrogens with zero attached hydrogens (tertiary/aromatic N) is 2. The Hall–Kier alpha value is -1.84. The first-order chi connectivity index (χ1) is 12.3. The van der Waals surface area contributed by atoms with Crippen LogP contribution >= 0.6 is 0 Å². The highest BCUT2D eigenvalue weighted by Crippen LogP contribution is 2.35. The van der Waals surface area contributed by atoms with Crippen LogP contribution in [0, 0.1) is 5.92 Å². The Morgan fingerprint density at radius 2 is 1.58 bits per heavy atom. The van der Waals surface area contributed by atoms with Crippen molar-refractivity contribution < 1.29 is 9.59 Å². The molecule has 0 radical (unpaired) electrons. The van der Waals surface area contributed by atoms with Gasteiger partial charge in [0.15, 0.2) is 0 Å². The van der Waals surface area contributed by atoms with Crippen molar-refractivity contribution in [2.45, 2.75) is 64.8 Å². The fraction of sp³-hybridized carbons (Fsp3) is 0.636. The monoisotopic (exact) mass is 356 g/mol. The highest BCUT2D eigenvalue weighted by atomic mass is 16.2. The number of benzene rings is 1. The Bertz CT molecular complexity index is 652. The Labute approximate surface area is 157 Å². The molecule has 0 aromatic heterocycles. The van der Waals surface area contributed by atoms with Crippen molar-refractivity contribution in [1.29, 1.82) is 0 Å². The molecule has 0 aliphatic carbocycles. The Kier molecular flexibility index (Phi) is 5.40. The van der Waals surface area contributed by atoms with Gasteiger partial charge in [0, 0.05) is 32.5 Å². The van der Waals surface area contributed by atoms with Crippen molar-refractivity contribution >= 4 is 11.8 Å². The van der Waals surface area contributed by atoms with E-state index in [-0.39, 0.29) is 29.2 Å². The molecule has 1 atom stereocenters. The van der Waals surface area contributed by atoms with Gasteiger partial charge in [-0.2, -0.15) is 0 Å². The lowest BCUT2D eigenvalue weighted by atomic mass is 9.86. The fourth-order valence-corrected chi connectivity index (χ4v) is 4.26. The number of hydrogen-bond acceptors (Lipinski definition) is 2. The van der Waals surface area contributed by atoms with E-state index in [0.717, 1.165) is 32.2 Å². The topological polar surface area (TPSA) is 40.6 Å². The van der Waals surface area contributed by atoms with Crippen LogP contribution < -0.4 is 0 Å². The highest BCUT2D eigenvalue weighted by Gasteiger charge is 2.35. The molecule has 2 saturated heterocycles. The zero-order valence-corrected chi connectivity index (χ0v) is 16.6. The van der Waals surface area contributed by atoms with Gasteiger partial charge in [0.1, 0.15) is 0 Å². The molecular weight excluding hydrogens is 324 g/mol. The van der Waals surface area contributed by atoms with Crippen LogP contribution in [0.4, 0.5) is 0 Å². The molecule has 142 valence electrons. The van der Waals surface area contributed by atoms with Gasteiger partial charge in [-0.1, -0.05) is 45.0 Å². The molecule has 2 aliphatic rings. The Balaban J connectivity index is 1.68. The minimum absolute atomic E-state index is 0.0695. The Morgan fingerprint density at radius 3 is 2.12 bits per heavy atom. The number of rotatable bonds is 2. The summed E-state index contributed by atoms with van der Waals surface area (Å²) in [7, 11) is 0. The summed E-state index contributed by atoms with van der Waals surface area (Å²) in [5.41, 5.74) is 2.73. The van der Waals surface area contributed by atoms with Gasteiger partial charge >= 0.3 is 0 Å². The first-order valence-electron chi connectivity index (χ1n) is 9.94. The van der Waals surface area contributed by atoms with E-state index in [1.165, 1.54) is 11.1 Å². The molecule has 1 aromatic rings. The third-order valence-corrected chi connectivity index (χ3v) is 5.99. The Morgan fingerprint density at radius 1 is 0.962 bits per heavy atom. The molecule has 0 bridgehead atoms. The molecule has 0 N–H and O–H groups in total. The second-order valence-electron chi connectivity index (χ2n) is 8.84. The molecule has 26 heavy (non-hydrogen) atoms. The molecule has 2 amide bonds. The van der Waals surface area contributed by atoms with E-state index < -0.39 is 0 Å². The summed E-state index contributed by atoms with van der Waals surface area (Å²) in [6, 6.07) is 9.04. The number of piperidine rings is 1. The average molecular weight is 357 g/mol. The van der Waals surface area contributed by atoms with Crippen molar-refractivity contribution in [3.63, 3.8) is 0 Å². The molecule has 0 saturated carbocycles. The lowest BCUT2D eigenvalue weighted by Gasteiger charge is -2.34. The van der Waals surface area contributed by atoms with Crippen molar-refractivity contribution in [1.82, 2.24) is 9.80 Å². The maximum Gasteiger partial charge on any atom is 0.226 e. The predicted molar refractivity (Wildman–Crippen MR) is 104 cm³/mol. The van der Waals surface area contributed by atoms with E-state index in [4.69, 9.17) is 0 Å². The van der Waals surface area contributed by atoms with Crippen LogP contribution in [-0.4, -0.2) is 41.2 Å². The van der Waals surface area contributed by atoms with E-state index in [0.29, 0.717) is 13.1 Å². The largest absolute Gasteiger partial charge is 0.343 e. The SMILES string of the molecule is CC(=O)N1CCC(C(=O)N2CCCC2c2ccc(C(C)(C)C)cc2)CC1. The molecular formula is C22H32N2O2. The molecule has 4 heteroatoms. The maximum atomic E-state index is 13.1. The fourth-order valence-electron chi connectivity index (χ4n) is 4.26. The van der Waals surface area contributed by atoms with E-state index in [1.807, 2.05) is 4.90 Å². The maximum absolute atomic E-state index is 13.1. The molecule has 2 aliphatic heterocycles. The first-order valence-corrected chi connectivity index (χ1v) is 9.94. The van der Waals surface area contributed by atoms with Crippen molar-refractivity contribution in [2.75, 3.05) is 19.6 Å². The molecule has 2 heterocycles. The van der Waals surface area contributed by atoms with E-state index >= 15 is 0 Å². The van der Waals surface area contributed by atoms with Gasteiger partial charge in [-0.05, 0) is 42.2 Å². The third kappa shape index (κ3) is 3.94. The summed E-state index contributed by atoms with van der Waals surface area (Å²) in [5, 5.41) is 0. The van der Waals surface area contributed by atoms with Crippen molar-refractivity contribution in [3.8, 4) is 0 Å². The normalized spacial score (nSPS) is 21.9. The van der Waals surface area contributed by atoms with E-state index in [1.54, 1.807) is 6.92 Å². The summed E-state index contributed by atoms with van der Waals surface area (Å²) in [5.74, 6) is 0.476. The van der Waals surface area contributed by atoms with Gasteiger partial charge in [-0.25, -0.2) is 0 Å². The van der Waals surface area contributed by atoms with E-state index in [9.17, 15) is 9.59 Å². The van der Waals surface area contributed by atoms with Crippen molar-refractivity contribution in [3.05, 3.63) is 35.4 Å². The lowest BCUT2D eigenvalue weighted by molar-refractivity contribution is -0.140. The van der Waals surface area contributed by atoms with Gasteiger partial charge in [0.2, 0.25) is 11.8 Å². The minimum Gasteiger partial charge on any atom is -0.343 e. The van der Waals surface area contributed by atoms with Gasteiger partial charge in [0.25, 0.3) is 0 Å². The van der Waals surface area contributed by atoms with Gasteiger partial charge in [-0.15, -0.1) is 0 Å². The molecule has 1 aromatic carbocycles. The summed E-state index contributed by atoms with van der Waals surface area (Å²) >= 11 is 0. The highest BCUT2D eigenvalue weighted by molar-refractivity contribution is 5.80. The van der Waals surface area contributed by atoms with Gasteiger partial charge in [0.05, 0.1) is 6.04 Å². The summed E-state index contributed by atoms with van der Waals surface area (Å²) in [6.07, 6.45) is 3.71. The van der Waals surface area contributed by atoms with Crippen LogP contribution in [0.3, 0.4) is 0 Å². The van der Waals surface area contributed by atoms with Gasteiger partial charge in [-0.3, -0.25) is 9.59 Å². The zero-order valence-electron chi connectivity index (χ0n) is 16.6. The molecule has 0 spiro atoms. The quantitative estimate of drug-likeness (QED) is 0.806. The minimum atomic E-state index is 0.0695. The lowest BCUT2D eigenvalue weighted by Crippen LogP contribution is -2.43. The van der Waals surface area contributed by atoms with Crippen LogP contribution in [-0.2, 0) is 15.0 Å². The number of hydrogen-bond donors (Lipinski definition) is 0. The standard InChI is InChI=1S/C22H32N2O2/c1-16(25)23-14-11-18(12-15-23)21(26)24-13-5-6-20(24)17-7-9-19(10-8-17)22(2,3)4/h7-10,18,20H,5-6,11-15H2,1-4H3. The van der Waals surface area contributed by atoms with Crippen LogP contribution in [0.25, 0.3) is 0 Å². The van der Waals surface area contributed by atoms with Crippen molar-refractivity contribution in [2.24, 2.45) is 5.92 Å². The second-order valence-corrected chi connectivity index (χ2v) is 8.84. The predicted octanol–water partition coefficient (Wildman–Crippen LogP) is 3.91.